The predicted octanol–water partition coefficient (Wildman–Crippen LogP) is 1.48. The third-order valence-corrected chi connectivity index (χ3v) is 5.27. The quantitative estimate of drug-likeness (QED) is 0.920. The van der Waals surface area contributed by atoms with Crippen LogP contribution < -0.4 is 5.32 Å². The van der Waals surface area contributed by atoms with E-state index in [1.807, 2.05) is 0 Å². The van der Waals surface area contributed by atoms with Crippen LogP contribution in [0.3, 0.4) is 0 Å². The fourth-order valence-corrected chi connectivity index (χ4v) is 3.92. The Hall–Kier alpha value is -1.12. The van der Waals surface area contributed by atoms with E-state index in [1.165, 1.54) is 0 Å². The molecule has 0 saturated carbocycles. The molecular weight excluding hydrogens is 293 g/mol. The molecule has 4 nitrogen and oxygen atoms in total. The van der Waals surface area contributed by atoms with Gasteiger partial charge in [-0.1, -0.05) is 0 Å². The Balaban J connectivity index is 2.40. The average Bonchev–Trinajstić information content (AvgIpc) is 2.37. The fraction of sp³-hybridized carbons (Fsp3) is 0.500. The minimum Gasteiger partial charge on any atom is -0.316 e. The van der Waals surface area contributed by atoms with Crippen molar-refractivity contribution in [1.82, 2.24) is 9.62 Å². The summed E-state index contributed by atoms with van der Waals surface area (Å²) in [6.45, 7) is 0.325. The van der Waals surface area contributed by atoms with E-state index in [4.69, 9.17) is 0 Å². The molecule has 0 aliphatic carbocycles. The van der Waals surface area contributed by atoms with Gasteiger partial charge in [-0.15, -0.1) is 0 Å². The SMILES string of the molecule is CN[C@@H]1CCCN(S(=O)(=O)c2c(F)cc(F)cc2F)C1. The second-order valence-electron chi connectivity index (χ2n) is 4.69. The summed E-state index contributed by atoms with van der Waals surface area (Å²) in [5.41, 5.74) is 0. The van der Waals surface area contributed by atoms with Gasteiger partial charge in [0.25, 0.3) is 0 Å². The molecule has 1 N–H and O–H groups in total. The van der Waals surface area contributed by atoms with Crippen molar-refractivity contribution < 1.29 is 21.6 Å². The maximum Gasteiger partial charge on any atom is 0.248 e. The topological polar surface area (TPSA) is 49.4 Å². The molecular formula is C12H15F3N2O2S. The smallest absolute Gasteiger partial charge is 0.248 e. The molecule has 1 heterocycles. The van der Waals surface area contributed by atoms with Crippen LogP contribution in [-0.2, 0) is 10.0 Å². The predicted molar refractivity (Wildman–Crippen MR) is 67.2 cm³/mol. The van der Waals surface area contributed by atoms with Crippen LogP contribution in [0.1, 0.15) is 12.8 Å². The highest BCUT2D eigenvalue weighted by molar-refractivity contribution is 7.89. The number of nitrogens with zero attached hydrogens (tertiary/aromatic N) is 1. The first kappa shape index (κ1) is 15.3. The second-order valence-corrected chi connectivity index (χ2v) is 6.56. The highest BCUT2D eigenvalue weighted by Crippen LogP contribution is 2.26. The van der Waals surface area contributed by atoms with Crippen molar-refractivity contribution in [3.63, 3.8) is 0 Å². The molecule has 0 spiro atoms. The van der Waals surface area contributed by atoms with Gasteiger partial charge in [-0.3, -0.25) is 0 Å². The van der Waals surface area contributed by atoms with Crippen LogP contribution in [0.25, 0.3) is 0 Å². The molecule has 2 rings (SSSR count). The van der Waals surface area contributed by atoms with Crippen LogP contribution in [0.5, 0.6) is 0 Å². The Morgan fingerprint density at radius 2 is 1.85 bits per heavy atom. The zero-order valence-electron chi connectivity index (χ0n) is 10.9. The highest BCUT2D eigenvalue weighted by Gasteiger charge is 2.34. The van der Waals surface area contributed by atoms with E-state index in [9.17, 15) is 21.6 Å². The molecule has 20 heavy (non-hydrogen) atoms. The largest absolute Gasteiger partial charge is 0.316 e. The molecule has 1 saturated heterocycles. The van der Waals surface area contributed by atoms with Crippen molar-refractivity contribution in [1.29, 1.82) is 0 Å². The molecule has 112 valence electrons. The van der Waals surface area contributed by atoms with Gasteiger partial charge in [0, 0.05) is 31.3 Å². The van der Waals surface area contributed by atoms with Gasteiger partial charge in [0.15, 0.2) is 4.90 Å². The summed E-state index contributed by atoms with van der Waals surface area (Å²) in [6, 6.07) is 0.676. The fourth-order valence-electron chi connectivity index (χ4n) is 2.30. The first-order chi connectivity index (χ1) is 9.36. The molecule has 0 radical (unpaired) electrons. The number of benzene rings is 1. The van der Waals surface area contributed by atoms with Crippen LogP contribution in [0.4, 0.5) is 13.2 Å². The Morgan fingerprint density at radius 3 is 2.40 bits per heavy atom. The summed E-state index contributed by atoms with van der Waals surface area (Å²) in [6.07, 6.45) is 1.38. The Kier molecular flexibility index (Phi) is 4.36. The lowest BCUT2D eigenvalue weighted by Crippen LogP contribution is -2.47. The summed E-state index contributed by atoms with van der Waals surface area (Å²) in [4.78, 5) is -1.09. The molecule has 0 unspecified atom stereocenters. The lowest BCUT2D eigenvalue weighted by molar-refractivity contribution is 0.290. The van der Waals surface area contributed by atoms with Crippen LogP contribution in [-0.4, -0.2) is 38.9 Å². The zero-order chi connectivity index (χ0) is 14.9. The van der Waals surface area contributed by atoms with Gasteiger partial charge in [-0.2, -0.15) is 4.31 Å². The molecule has 0 amide bonds. The van der Waals surface area contributed by atoms with Gasteiger partial charge in [0.05, 0.1) is 0 Å². The summed E-state index contributed by atoms with van der Waals surface area (Å²) < 4.78 is 65.8. The zero-order valence-corrected chi connectivity index (χ0v) is 11.7. The number of likely N-dealkylation sites (N-methyl/N-ethyl adjacent to an activating group) is 1. The number of halogens is 3. The first-order valence-electron chi connectivity index (χ1n) is 6.18. The number of sulfonamides is 1. The number of piperidine rings is 1. The number of hydrogen-bond acceptors (Lipinski definition) is 3. The van der Waals surface area contributed by atoms with Gasteiger partial charge < -0.3 is 5.32 Å². The van der Waals surface area contributed by atoms with Crippen molar-refractivity contribution >= 4 is 10.0 Å². The minimum absolute atomic E-state index is 0.0647. The monoisotopic (exact) mass is 308 g/mol. The van der Waals surface area contributed by atoms with Crippen LogP contribution >= 0.6 is 0 Å². The van der Waals surface area contributed by atoms with E-state index in [0.29, 0.717) is 18.6 Å². The van der Waals surface area contributed by atoms with Gasteiger partial charge >= 0.3 is 0 Å². The van der Waals surface area contributed by atoms with E-state index >= 15 is 0 Å². The maximum absolute atomic E-state index is 13.6. The van der Waals surface area contributed by atoms with E-state index in [1.54, 1.807) is 7.05 Å². The Bertz CT molecular complexity index is 584. The molecule has 1 fully saturated rings. The summed E-state index contributed by atoms with van der Waals surface area (Å²) in [7, 11) is -2.61. The molecule has 8 heteroatoms. The standard InChI is InChI=1S/C12H15F3N2O2S/c1-16-9-3-2-4-17(7-9)20(18,19)12-10(14)5-8(13)6-11(12)15/h5-6,9,16H,2-4,7H2,1H3/t9-/m1/s1. The van der Waals surface area contributed by atoms with Crippen molar-refractivity contribution in [3.05, 3.63) is 29.6 Å². The third-order valence-electron chi connectivity index (χ3n) is 3.35. The maximum atomic E-state index is 13.6. The third kappa shape index (κ3) is 2.82. The van der Waals surface area contributed by atoms with Gasteiger partial charge in [0.2, 0.25) is 10.0 Å². The van der Waals surface area contributed by atoms with Gasteiger partial charge in [-0.05, 0) is 19.9 Å². The molecule has 1 aromatic rings. The summed E-state index contributed by atoms with van der Waals surface area (Å²) in [5.74, 6) is -3.96. The minimum atomic E-state index is -4.31. The van der Waals surface area contributed by atoms with Crippen molar-refractivity contribution in [2.75, 3.05) is 20.1 Å². The molecule has 1 aliphatic rings. The Labute approximate surface area is 115 Å². The second kappa shape index (κ2) is 5.71. The first-order valence-corrected chi connectivity index (χ1v) is 7.62. The van der Waals surface area contributed by atoms with Crippen molar-refractivity contribution in [3.8, 4) is 0 Å². The number of hydrogen-bond donors (Lipinski definition) is 1. The van der Waals surface area contributed by atoms with E-state index in [2.05, 4.69) is 5.32 Å². The average molecular weight is 308 g/mol. The van der Waals surface area contributed by atoms with Crippen molar-refractivity contribution in [2.45, 2.75) is 23.8 Å². The normalized spacial score (nSPS) is 21.1. The lowest BCUT2D eigenvalue weighted by Gasteiger charge is -2.31. The van der Waals surface area contributed by atoms with Crippen LogP contribution in [0.2, 0.25) is 0 Å². The van der Waals surface area contributed by atoms with Crippen molar-refractivity contribution in [2.24, 2.45) is 0 Å². The summed E-state index contributed by atoms with van der Waals surface area (Å²) in [5, 5.41) is 2.94. The summed E-state index contributed by atoms with van der Waals surface area (Å²) >= 11 is 0. The van der Waals surface area contributed by atoms with E-state index in [-0.39, 0.29) is 19.1 Å². The van der Waals surface area contributed by atoms with Gasteiger partial charge in [0.1, 0.15) is 17.5 Å². The highest BCUT2D eigenvalue weighted by atomic mass is 32.2. The number of nitrogens with one attached hydrogen (secondary N) is 1. The van der Waals surface area contributed by atoms with E-state index in [0.717, 1.165) is 10.7 Å². The lowest BCUT2D eigenvalue weighted by atomic mass is 10.1. The van der Waals surface area contributed by atoms with Crippen LogP contribution in [0.15, 0.2) is 17.0 Å². The molecule has 1 atom stereocenters. The Morgan fingerprint density at radius 1 is 1.25 bits per heavy atom. The van der Waals surface area contributed by atoms with Gasteiger partial charge in [-0.25, -0.2) is 21.6 Å². The number of rotatable bonds is 3. The molecule has 1 aliphatic heterocycles. The van der Waals surface area contributed by atoms with Crippen LogP contribution in [0, 0.1) is 17.5 Å². The van der Waals surface area contributed by atoms with E-state index < -0.39 is 32.4 Å². The molecule has 0 aromatic heterocycles. The molecule has 0 bridgehead atoms. The molecule has 1 aromatic carbocycles.